The summed E-state index contributed by atoms with van der Waals surface area (Å²) in [6.45, 7) is 8.34. The first-order valence-electron chi connectivity index (χ1n) is 7.33. The minimum Gasteiger partial charge on any atom is -0.380 e. The fourth-order valence-electron chi connectivity index (χ4n) is 3.15. The summed E-state index contributed by atoms with van der Waals surface area (Å²) in [5, 5.41) is 4.22. The molecule has 2 heterocycles. The molecule has 1 aromatic carbocycles. The molecule has 0 saturated carbocycles. The molecule has 1 aliphatic heterocycles. The van der Waals surface area contributed by atoms with Crippen LogP contribution in [0.1, 0.15) is 28.5 Å². The molecule has 1 fully saturated rings. The number of fused-ring (bicyclic) bond motifs is 1. The second-order valence-electron chi connectivity index (χ2n) is 6.49. The molecule has 0 bridgehead atoms. The molecule has 0 atom stereocenters. The molecule has 1 aromatic heterocycles. The molecule has 2 aromatic rings. The molecule has 0 aliphatic carbocycles. The zero-order chi connectivity index (χ0) is 15.2. The van der Waals surface area contributed by atoms with E-state index in [0.29, 0.717) is 6.54 Å². The quantitative estimate of drug-likeness (QED) is 0.942. The van der Waals surface area contributed by atoms with Crippen LogP contribution in [0.3, 0.4) is 0 Å². The number of rotatable bonds is 3. The van der Waals surface area contributed by atoms with Crippen LogP contribution >= 0.6 is 0 Å². The molecular weight excluding hydrogens is 264 g/mol. The van der Waals surface area contributed by atoms with E-state index in [1.165, 1.54) is 5.56 Å². The summed E-state index contributed by atoms with van der Waals surface area (Å²) >= 11 is 0. The van der Waals surface area contributed by atoms with Gasteiger partial charge >= 0.3 is 0 Å². The topological polar surface area (TPSA) is 43.3 Å². The third-order valence-electron chi connectivity index (χ3n) is 4.46. The van der Waals surface area contributed by atoms with Gasteiger partial charge in [0.1, 0.15) is 5.69 Å². The highest BCUT2D eigenvalue weighted by atomic mass is 16.5. The van der Waals surface area contributed by atoms with Crippen molar-refractivity contribution >= 4 is 16.8 Å². The fraction of sp³-hybridized carbons (Fsp3) is 0.471. The van der Waals surface area contributed by atoms with Crippen molar-refractivity contribution in [2.75, 3.05) is 19.8 Å². The van der Waals surface area contributed by atoms with E-state index < -0.39 is 0 Å². The van der Waals surface area contributed by atoms with Crippen LogP contribution in [0.25, 0.3) is 10.9 Å². The van der Waals surface area contributed by atoms with Crippen molar-refractivity contribution < 1.29 is 9.53 Å². The van der Waals surface area contributed by atoms with E-state index in [1.54, 1.807) is 0 Å². The summed E-state index contributed by atoms with van der Waals surface area (Å²) in [6.07, 6.45) is 0. The third kappa shape index (κ3) is 2.23. The maximum Gasteiger partial charge on any atom is 0.268 e. The molecule has 4 heteroatoms. The molecule has 1 aliphatic rings. The molecule has 4 nitrogen and oxygen atoms in total. The van der Waals surface area contributed by atoms with Gasteiger partial charge in [-0.3, -0.25) is 4.79 Å². The molecular formula is C17H22N2O2. The first kappa shape index (κ1) is 14.1. The number of nitrogens with one attached hydrogen (secondary N) is 1. The van der Waals surface area contributed by atoms with Gasteiger partial charge in [0.05, 0.1) is 18.7 Å². The number of carbonyl (C=O) groups excluding carboxylic acids is 1. The zero-order valence-corrected chi connectivity index (χ0v) is 13.1. The lowest BCUT2D eigenvalue weighted by atomic mass is 9.89. The van der Waals surface area contributed by atoms with Crippen molar-refractivity contribution in [2.24, 2.45) is 12.5 Å². The van der Waals surface area contributed by atoms with Crippen LogP contribution in [0, 0.1) is 19.3 Å². The Morgan fingerprint density at radius 2 is 2.10 bits per heavy atom. The smallest absolute Gasteiger partial charge is 0.268 e. The first-order valence-corrected chi connectivity index (χ1v) is 7.33. The van der Waals surface area contributed by atoms with E-state index in [-0.39, 0.29) is 11.3 Å². The Hall–Kier alpha value is -1.81. The molecule has 112 valence electrons. The average molecular weight is 286 g/mol. The Labute approximate surface area is 125 Å². The second-order valence-corrected chi connectivity index (χ2v) is 6.49. The minimum atomic E-state index is -0.00118. The van der Waals surface area contributed by atoms with E-state index in [1.807, 2.05) is 24.6 Å². The summed E-state index contributed by atoms with van der Waals surface area (Å²) in [6, 6.07) is 6.20. The van der Waals surface area contributed by atoms with Gasteiger partial charge < -0.3 is 14.6 Å². The number of hydrogen-bond donors (Lipinski definition) is 1. The van der Waals surface area contributed by atoms with E-state index in [2.05, 4.69) is 31.3 Å². The summed E-state index contributed by atoms with van der Waals surface area (Å²) in [4.78, 5) is 12.6. The molecule has 1 N–H and O–H groups in total. The molecule has 1 saturated heterocycles. The monoisotopic (exact) mass is 286 g/mol. The molecule has 3 rings (SSSR count). The standard InChI is InChI=1S/C17H22N2O2/c1-11-6-5-7-13-12(2)15(19(4)14(11)13)16(20)18-8-17(3)9-21-10-17/h5-7H,8-10H2,1-4H3,(H,18,20). The number of ether oxygens (including phenoxy) is 1. The van der Waals surface area contributed by atoms with Gasteiger partial charge in [0.2, 0.25) is 0 Å². The van der Waals surface area contributed by atoms with Gasteiger partial charge in [-0.25, -0.2) is 0 Å². The maximum absolute atomic E-state index is 12.6. The average Bonchev–Trinajstić information content (AvgIpc) is 2.67. The number of aryl methyl sites for hydroxylation is 3. The van der Waals surface area contributed by atoms with Gasteiger partial charge in [-0.15, -0.1) is 0 Å². The number of amides is 1. The number of nitrogens with zero attached hydrogens (tertiary/aromatic N) is 1. The van der Waals surface area contributed by atoms with Gasteiger partial charge in [-0.2, -0.15) is 0 Å². The lowest BCUT2D eigenvalue weighted by molar-refractivity contribution is -0.0978. The van der Waals surface area contributed by atoms with Crippen molar-refractivity contribution in [1.82, 2.24) is 9.88 Å². The van der Waals surface area contributed by atoms with Crippen molar-refractivity contribution in [2.45, 2.75) is 20.8 Å². The highest BCUT2D eigenvalue weighted by Crippen LogP contribution is 2.28. The minimum absolute atomic E-state index is 0.00118. The summed E-state index contributed by atoms with van der Waals surface area (Å²) < 4.78 is 7.24. The Balaban J connectivity index is 1.93. The van der Waals surface area contributed by atoms with Crippen LogP contribution < -0.4 is 5.32 Å². The molecule has 0 unspecified atom stereocenters. The Bertz CT molecular complexity index is 711. The number of benzene rings is 1. The molecule has 0 radical (unpaired) electrons. The van der Waals surface area contributed by atoms with Gasteiger partial charge in [-0.1, -0.05) is 25.1 Å². The van der Waals surface area contributed by atoms with E-state index >= 15 is 0 Å². The summed E-state index contributed by atoms with van der Waals surface area (Å²) in [5.74, 6) is -0.00118. The van der Waals surface area contributed by atoms with Crippen molar-refractivity contribution in [3.8, 4) is 0 Å². The van der Waals surface area contributed by atoms with Gasteiger partial charge in [-0.05, 0) is 25.0 Å². The van der Waals surface area contributed by atoms with Crippen molar-refractivity contribution in [3.05, 3.63) is 35.0 Å². The highest BCUT2D eigenvalue weighted by Gasteiger charge is 2.34. The Morgan fingerprint density at radius 3 is 2.67 bits per heavy atom. The number of carbonyl (C=O) groups is 1. The number of para-hydroxylation sites is 1. The van der Waals surface area contributed by atoms with E-state index in [9.17, 15) is 4.79 Å². The third-order valence-corrected chi connectivity index (χ3v) is 4.46. The van der Waals surface area contributed by atoms with Crippen LogP contribution in [0.4, 0.5) is 0 Å². The summed E-state index contributed by atoms with van der Waals surface area (Å²) in [5.41, 5.74) is 4.21. The Kier molecular flexibility index (Phi) is 3.29. The summed E-state index contributed by atoms with van der Waals surface area (Å²) in [7, 11) is 1.96. The van der Waals surface area contributed by atoms with Gasteiger partial charge in [0, 0.05) is 24.4 Å². The van der Waals surface area contributed by atoms with Crippen LogP contribution in [0.15, 0.2) is 18.2 Å². The van der Waals surface area contributed by atoms with Gasteiger partial charge in [0.15, 0.2) is 0 Å². The molecule has 1 amide bonds. The van der Waals surface area contributed by atoms with Crippen LogP contribution in [-0.2, 0) is 11.8 Å². The predicted molar refractivity (Wildman–Crippen MR) is 83.7 cm³/mol. The second kappa shape index (κ2) is 4.88. The van der Waals surface area contributed by atoms with Crippen LogP contribution in [0.2, 0.25) is 0 Å². The largest absolute Gasteiger partial charge is 0.380 e. The predicted octanol–water partition coefficient (Wildman–Crippen LogP) is 2.56. The maximum atomic E-state index is 12.6. The molecule has 0 spiro atoms. The van der Waals surface area contributed by atoms with Gasteiger partial charge in [0.25, 0.3) is 5.91 Å². The zero-order valence-electron chi connectivity index (χ0n) is 13.1. The lowest BCUT2D eigenvalue weighted by Crippen LogP contribution is -2.48. The first-order chi connectivity index (χ1) is 9.93. The fourth-order valence-corrected chi connectivity index (χ4v) is 3.15. The lowest BCUT2D eigenvalue weighted by Gasteiger charge is -2.38. The number of hydrogen-bond acceptors (Lipinski definition) is 2. The van der Waals surface area contributed by atoms with Crippen LogP contribution in [0.5, 0.6) is 0 Å². The Morgan fingerprint density at radius 1 is 1.38 bits per heavy atom. The van der Waals surface area contributed by atoms with Crippen LogP contribution in [-0.4, -0.2) is 30.2 Å². The number of aromatic nitrogens is 1. The molecule has 21 heavy (non-hydrogen) atoms. The SMILES string of the molecule is Cc1c(C(=O)NCC2(C)COC2)n(C)c2c(C)cccc12. The normalized spacial score (nSPS) is 16.8. The van der Waals surface area contributed by atoms with E-state index in [4.69, 9.17) is 4.74 Å². The van der Waals surface area contributed by atoms with Crippen molar-refractivity contribution in [1.29, 1.82) is 0 Å². The van der Waals surface area contributed by atoms with Crippen molar-refractivity contribution in [3.63, 3.8) is 0 Å². The highest BCUT2D eigenvalue weighted by molar-refractivity contribution is 6.02. The van der Waals surface area contributed by atoms with E-state index in [0.717, 1.165) is 35.4 Å².